The second-order valence-corrected chi connectivity index (χ2v) is 5.83. The first kappa shape index (κ1) is 14.0. The summed E-state index contributed by atoms with van der Waals surface area (Å²) >= 11 is 3.47. The van der Waals surface area contributed by atoms with Crippen molar-refractivity contribution in [1.82, 2.24) is 5.32 Å². The average Bonchev–Trinajstić information content (AvgIpc) is 2.29. The monoisotopic (exact) mass is 289 g/mol. The van der Waals surface area contributed by atoms with Gasteiger partial charge in [0.25, 0.3) is 0 Å². The van der Waals surface area contributed by atoms with Gasteiger partial charge in [0.2, 0.25) is 5.91 Å². The lowest BCUT2D eigenvalue weighted by Gasteiger charge is -2.11. The summed E-state index contributed by atoms with van der Waals surface area (Å²) in [4.78, 5) is 11.6. The number of rotatable bonds is 0. The molecule has 94 valence electrons. The highest BCUT2D eigenvalue weighted by Gasteiger charge is 2.13. The molecular formula is C13H24BrNO. The first-order valence-electron chi connectivity index (χ1n) is 6.72. The van der Waals surface area contributed by atoms with E-state index >= 15 is 0 Å². The smallest absolute Gasteiger partial charge is 0.233 e. The Kier molecular flexibility index (Phi) is 7.91. The highest BCUT2D eigenvalue weighted by Crippen LogP contribution is 2.15. The summed E-state index contributed by atoms with van der Waals surface area (Å²) in [6, 6.07) is 0. The van der Waals surface area contributed by atoms with Gasteiger partial charge in [-0.15, -0.1) is 0 Å². The molecule has 0 saturated carbocycles. The van der Waals surface area contributed by atoms with Gasteiger partial charge in [-0.05, 0) is 12.8 Å². The lowest BCUT2D eigenvalue weighted by Crippen LogP contribution is -2.31. The van der Waals surface area contributed by atoms with Gasteiger partial charge in [0, 0.05) is 6.54 Å². The van der Waals surface area contributed by atoms with Crippen molar-refractivity contribution in [3.63, 3.8) is 0 Å². The maximum absolute atomic E-state index is 11.6. The van der Waals surface area contributed by atoms with Gasteiger partial charge < -0.3 is 5.32 Å². The Balaban J connectivity index is 2.24. The molecule has 16 heavy (non-hydrogen) atoms. The van der Waals surface area contributed by atoms with E-state index in [1.807, 2.05) is 0 Å². The summed E-state index contributed by atoms with van der Waals surface area (Å²) < 4.78 is 0. The third-order valence-corrected chi connectivity index (χ3v) is 4.09. The molecule has 0 aliphatic carbocycles. The molecule has 1 fully saturated rings. The Morgan fingerprint density at radius 1 is 0.875 bits per heavy atom. The van der Waals surface area contributed by atoms with E-state index in [0.29, 0.717) is 0 Å². The zero-order valence-electron chi connectivity index (χ0n) is 10.1. The molecule has 1 amide bonds. The van der Waals surface area contributed by atoms with Gasteiger partial charge in [0.1, 0.15) is 0 Å². The molecule has 0 bridgehead atoms. The van der Waals surface area contributed by atoms with Gasteiger partial charge in [-0.1, -0.05) is 67.3 Å². The summed E-state index contributed by atoms with van der Waals surface area (Å²) in [7, 11) is 0. The van der Waals surface area contributed by atoms with E-state index < -0.39 is 0 Å². The molecule has 1 unspecified atom stereocenters. The molecule has 1 atom stereocenters. The third-order valence-electron chi connectivity index (χ3n) is 3.22. The van der Waals surface area contributed by atoms with Crippen molar-refractivity contribution in [2.45, 2.75) is 69.0 Å². The van der Waals surface area contributed by atoms with Crippen LogP contribution in [0.4, 0.5) is 0 Å². The van der Waals surface area contributed by atoms with Crippen LogP contribution < -0.4 is 5.32 Å². The van der Waals surface area contributed by atoms with Crippen LogP contribution in [0.2, 0.25) is 0 Å². The van der Waals surface area contributed by atoms with Crippen molar-refractivity contribution >= 4 is 21.8 Å². The highest BCUT2D eigenvalue weighted by atomic mass is 79.9. The molecule has 0 radical (unpaired) electrons. The fraction of sp³-hybridized carbons (Fsp3) is 0.923. The first-order chi connectivity index (χ1) is 7.80. The quantitative estimate of drug-likeness (QED) is 0.676. The van der Waals surface area contributed by atoms with Gasteiger partial charge in [0.05, 0.1) is 4.83 Å². The Morgan fingerprint density at radius 2 is 1.38 bits per heavy atom. The predicted molar refractivity (Wildman–Crippen MR) is 71.9 cm³/mol. The van der Waals surface area contributed by atoms with E-state index in [-0.39, 0.29) is 10.7 Å². The molecule has 0 spiro atoms. The van der Waals surface area contributed by atoms with Crippen LogP contribution >= 0.6 is 15.9 Å². The maximum atomic E-state index is 11.6. The van der Waals surface area contributed by atoms with E-state index in [1.54, 1.807) is 0 Å². The Hall–Kier alpha value is -0.0500. The lowest BCUT2D eigenvalue weighted by atomic mass is 10.0. The van der Waals surface area contributed by atoms with Crippen LogP contribution in [-0.2, 0) is 4.79 Å². The Labute approximate surface area is 108 Å². The molecular weight excluding hydrogens is 266 g/mol. The van der Waals surface area contributed by atoms with Crippen LogP contribution in [-0.4, -0.2) is 17.3 Å². The van der Waals surface area contributed by atoms with Crippen molar-refractivity contribution < 1.29 is 4.79 Å². The van der Waals surface area contributed by atoms with E-state index in [0.717, 1.165) is 19.4 Å². The fourth-order valence-electron chi connectivity index (χ4n) is 2.14. The number of nitrogens with one attached hydrogen (secondary N) is 1. The number of amides is 1. The van der Waals surface area contributed by atoms with Gasteiger partial charge in [-0.25, -0.2) is 0 Å². The molecule has 2 nitrogen and oxygen atoms in total. The summed E-state index contributed by atoms with van der Waals surface area (Å²) in [5.41, 5.74) is 0. The molecule has 0 aromatic carbocycles. The molecule has 0 aromatic heterocycles. The number of halogens is 1. The molecule has 1 aliphatic rings. The minimum absolute atomic E-state index is 0.0236. The van der Waals surface area contributed by atoms with Crippen molar-refractivity contribution in [2.24, 2.45) is 0 Å². The molecule has 1 aliphatic heterocycles. The summed E-state index contributed by atoms with van der Waals surface area (Å²) in [5, 5.41) is 3.00. The molecule has 1 saturated heterocycles. The molecule has 0 aromatic rings. The van der Waals surface area contributed by atoms with Crippen LogP contribution in [0, 0.1) is 0 Å². The molecule has 3 heteroatoms. The zero-order chi connectivity index (χ0) is 11.6. The van der Waals surface area contributed by atoms with Crippen LogP contribution in [0.25, 0.3) is 0 Å². The van der Waals surface area contributed by atoms with Gasteiger partial charge in [-0.2, -0.15) is 0 Å². The average molecular weight is 290 g/mol. The molecule has 1 heterocycles. The third kappa shape index (κ3) is 6.51. The molecule has 1 N–H and O–H groups in total. The van der Waals surface area contributed by atoms with Crippen molar-refractivity contribution in [2.75, 3.05) is 6.54 Å². The number of hydrogen-bond donors (Lipinski definition) is 1. The summed E-state index contributed by atoms with van der Waals surface area (Å²) in [5.74, 6) is 0.178. The van der Waals surface area contributed by atoms with Crippen molar-refractivity contribution in [3.8, 4) is 0 Å². The largest absolute Gasteiger partial charge is 0.355 e. The minimum Gasteiger partial charge on any atom is -0.355 e. The van der Waals surface area contributed by atoms with E-state index in [4.69, 9.17) is 0 Å². The normalized spacial score (nSPS) is 26.8. The number of carbonyl (C=O) groups is 1. The van der Waals surface area contributed by atoms with Crippen LogP contribution in [0.3, 0.4) is 0 Å². The number of hydrogen-bond acceptors (Lipinski definition) is 1. The van der Waals surface area contributed by atoms with Gasteiger partial charge in [-0.3, -0.25) is 4.79 Å². The lowest BCUT2D eigenvalue weighted by molar-refractivity contribution is -0.120. The Bertz CT molecular complexity index is 196. The fourth-order valence-corrected chi connectivity index (χ4v) is 2.63. The minimum atomic E-state index is 0.0236. The van der Waals surface area contributed by atoms with Crippen LogP contribution in [0.1, 0.15) is 64.2 Å². The van der Waals surface area contributed by atoms with E-state index in [2.05, 4.69) is 21.2 Å². The number of alkyl halides is 1. The SMILES string of the molecule is O=C1NCCCCCCCCCCCC1Br. The topological polar surface area (TPSA) is 29.1 Å². The summed E-state index contributed by atoms with van der Waals surface area (Å²) in [6.45, 7) is 0.848. The zero-order valence-corrected chi connectivity index (χ0v) is 11.7. The molecule has 1 rings (SSSR count). The van der Waals surface area contributed by atoms with Crippen LogP contribution in [0.5, 0.6) is 0 Å². The highest BCUT2D eigenvalue weighted by molar-refractivity contribution is 9.10. The van der Waals surface area contributed by atoms with E-state index in [1.165, 1.54) is 51.4 Å². The van der Waals surface area contributed by atoms with Crippen molar-refractivity contribution in [3.05, 3.63) is 0 Å². The summed E-state index contributed by atoms with van der Waals surface area (Å²) in [6.07, 6.45) is 12.6. The second kappa shape index (κ2) is 9.03. The maximum Gasteiger partial charge on any atom is 0.233 e. The van der Waals surface area contributed by atoms with Gasteiger partial charge in [0.15, 0.2) is 0 Å². The second-order valence-electron chi connectivity index (χ2n) is 4.73. The van der Waals surface area contributed by atoms with Crippen LogP contribution in [0.15, 0.2) is 0 Å². The first-order valence-corrected chi connectivity index (χ1v) is 7.64. The van der Waals surface area contributed by atoms with Gasteiger partial charge >= 0.3 is 0 Å². The standard InChI is InChI=1S/C13H24BrNO/c14-12-10-8-6-4-2-1-3-5-7-9-11-15-13(12)16/h12H,1-11H2,(H,15,16). The predicted octanol–water partition coefficient (Wildman–Crippen LogP) is 3.78. The Morgan fingerprint density at radius 3 is 2.00 bits per heavy atom. The number of carbonyl (C=O) groups excluding carboxylic acids is 1. The van der Waals surface area contributed by atoms with Crippen molar-refractivity contribution in [1.29, 1.82) is 0 Å². The van der Waals surface area contributed by atoms with E-state index in [9.17, 15) is 4.79 Å².